The van der Waals surface area contributed by atoms with E-state index in [0.29, 0.717) is 28.6 Å². The Hall–Kier alpha value is -1.59. The van der Waals surface area contributed by atoms with Crippen LogP contribution in [0.1, 0.15) is 38.8 Å². The van der Waals surface area contributed by atoms with Crippen LogP contribution in [0.2, 0.25) is 10.0 Å². The molecule has 1 aliphatic heterocycles. The van der Waals surface area contributed by atoms with Crippen molar-refractivity contribution in [1.29, 1.82) is 0 Å². The molecule has 3 rings (SSSR count). The molecule has 1 aliphatic rings. The van der Waals surface area contributed by atoms with Gasteiger partial charge in [0.1, 0.15) is 30.5 Å². The number of carbonyl (C=O) groups excluding carboxylic acids is 1. The van der Waals surface area contributed by atoms with E-state index in [0.717, 1.165) is 5.56 Å². The first-order valence-corrected chi connectivity index (χ1v) is 8.54. The Kier molecular flexibility index (Phi) is 4.58. The quantitative estimate of drug-likeness (QED) is 0.814. The number of benzene rings is 1. The van der Waals surface area contributed by atoms with Crippen molar-refractivity contribution in [3.63, 3.8) is 0 Å². The number of aromatic nitrogens is 3. The predicted molar refractivity (Wildman–Crippen MR) is 92.7 cm³/mol. The zero-order valence-electron chi connectivity index (χ0n) is 13.8. The molecule has 24 heavy (non-hydrogen) atoms. The number of hydrogen-bond acceptors (Lipinski definition) is 4. The molecule has 5 nitrogen and oxygen atoms in total. The lowest BCUT2D eigenvalue weighted by Crippen LogP contribution is -2.34. The van der Waals surface area contributed by atoms with Crippen LogP contribution in [0, 0.1) is 5.41 Å². The fourth-order valence-electron chi connectivity index (χ4n) is 2.94. The summed E-state index contributed by atoms with van der Waals surface area (Å²) in [4.78, 5) is 16.8. The van der Waals surface area contributed by atoms with Crippen LogP contribution in [-0.4, -0.2) is 26.7 Å². The summed E-state index contributed by atoms with van der Waals surface area (Å²) in [5, 5.41) is 5.24. The fourth-order valence-corrected chi connectivity index (χ4v) is 3.52. The SMILES string of the molecule is CC(C)(C)C(=O)C(CC1Cc2cc(Cl)cc(Cl)c2O1)n1cncn1. The molecule has 2 atom stereocenters. The Morgan fingerprint density at radius 3 is 2.79 bits per heavy atom. The molecule has 0 N–H and O–H groups in total. The van der Waals surface area contributed by atoms with Crippen LogP contribution >= 0.6 is 23.2 Å². The Labute approximate surface area is 150 Å². The Bertz CT molecular complexity index is 754. The molecule has 0 saturated heterocycles. The molecule has 0 aliphatic carbocycles. The summed E-state index contributed by atoms with van der Waals surface area (Å²) in [5.74, 6) is 0.753. The summed E-state index contributed by atoms with van der Waals surface area (Å²) >= 11 is 12.3. The topological polar surface area (TPSA) is 57.0 Å². The van der Waals surface area contributed by atoms with Crippen LogP contribution in [-0.2, 0) is 11.2 Å². The van der Waals surface area contributed by atoms with Gasteiger partial charge in [-0.2, -0.15) is 5.10 Å². The molecule has 1 aromatic heterocycles. The molecular weight excluding hydrogens is 349 g/mol. The summed E-state index contributed by atoms with van der Waals surface area (Å²) in [7, 11) is 0. The maximum Gasteiger partial charge on any atom is 0.162 e. The van der Waals surface area contributed by atoms with Gasteiger partial charge in [-0.05, 0) is 12.1 Å². The minimum Gasteiger partial charge on any atom is -0.488 e. The Morgan fingerprint density at radius 2 is 2.17 bits per heavy atom. The molecule has 0 radical (unpaired) electrons. The van der Waals surface area contributed by atoms with Gasteiger partial charge in [-0.15, -0.1) is 0 Å². The van der Waals surface area contributed by atoms with E-state index < -0.39 is 11.5 Å². The number of rotatable bonds is 4. The third kappa shape index (κ3) is 3.42. The van der Waals surface area contributed by atoms with E-state index in [1.807, 2.05) is 26.8 Å². The van der Waals surface area contributed by atoms with Crippen LogP contribution in [0.5, 0.6) is 5.75 Å². The highest BCUT2D eigenvalue weighted by Gasteiger charge is 2.36. The van der Waals surface area contributed by atoms with Gasteiger partial charge < -0.3 is 4.74 Å². The van der Waals surface area contributed by atoms with Gasteiger partial charge in [-0.1, -0.05) is 44.0 Å². The van der Waals surface area contributed by atoms with Crippen LogP contribution in [0.15, 0.2) is 24.8 Å². The second-order valence-electron chi connectivity index (χ2n) is 7.06. The van der Waals surface area contributed by atoms with Crippen LogP contribution in [0.3, 0.4) is 0 Å². The van der Waals surface area contributed by atoms with Crippen molar-refractivity contribution in [1.82, 2.24) is 14.8 Å². The molecule has 0 spiro atoms. The van der Waals surface area contributed by atoms with Crippen molar-refractivity contribution in [3.05, 3.63) is 40.4 Å². The van der Waals surface area contributed by atoms with Gasteiger partial charge in [0.25, 0.3) is 0 Å². The van der Waals surface area contributed by atoms with Crippen molar-refractivity contribution in [2.45, 2.75) is 45.8 Å². The minimum atomic E-state index is -0.483. The van der Waals surface area contributed by atoms with E-state index in [4.69, 9.17) is 27.9 Å². The zero-order valence-corrected chi connectivity index (χ0v) is 15.3. The van der Waals surface area contributed by atoms with Gasteiger partial charge in [-0.25, -0.2) is 9.67 Å². The number of ketones is 1. The monoisotopic (exact) mass is 367 g/mol. The van der Waals surface area contributed by atoms with E-state index in [1.54, 1.807) is 17.1 Å². The minimum absolute atomic E-state index is 0.0942. The van der Waals surface area contributed by atoms with Gasteiger partial charge in [0.15, 0.2) is 5.78 Å². The lowest BCUT2D eigenvalue weighted by atomic mass is 9.84. The Balaban J connectivity index is 1.83. The second-order valence-corrected chi connectivity index (χ2v) is 7.90. The van der Waals surface area contributed by atoms with Crippen molar-refractivity contribution in [3.8, 4) is 5.75 Å². The van der Waals surface area contributed by atoms with Gasteiger partial charge >= 0.3 is 0 Å². The molecule has 0 amide bonds. The highest BCUT2D eigenvalue weighted by molar-refractivity contribution is 6.35. The maximum atomic E-state index is 12.9. The zero-order chi connectivity index (χ0) is 17.5. The predicted octanol–water partition coefficient (Wildman–Crippen LogP) is 4.14. The maximum absolute atomic E-state index is 12.9. The number of hydrogen-bond donors (Lipinski definition) is 0. The molecule has 0 bridgehead atoms. The first kappa shape index (κ1) is 17.2. The Morgan fingerprint density at radius 1 is 1.42 bits per heavy atom. The van der Waals surface area contributed by atoms with Crippen LogP contribution < -0.4 is 4.74 Å². The molecule has 128 valence electrons. The van der Waals surface area contributed by atoms with Gasteiger partial charge in [0, 0.05) is 28.8 Å². The first-order valence-electron chi connectivity index (χ1n) is 7.78. The molecule has 0 saturated carbocycles. The largest absolute Gasteiger partial charge is 0.488 e. The summed E-state index contributed by atoms with van der Waals surface area (Å²) in [6.45, 7) is 5.71. The molecule has 2 unspecified atom stereocenters. The number of Topliss-reactive ketones (excluding diaryl/α,β-unsaturated/α-hetero) is 1. The van der Waals surface area contributed by atoms with E-state index in [-0.39, 0.29) is 11.9 Å². The summed E-state index contributed by atoms with van der Waals surface area (Å²) < 4.78 is 7.59. The van der Waals surface area contributed by atoms with Crippen LogP contribution in [0.4, 0.5) is 0 Å². The van der Waals surface area contributed by atoms with Crippen LogP contribution in [0.25, 0.3) is 0 Å². The van der Waals surface area contributed by atoms with Gasteiger partial charge in [0.05, 0.1) is 5.02 Å². The van der Waals surface area contributed by atoms with E-state index in [1.165, 1.54) is 6.33 Å². The van der Waals surface area contributed by atoms with E-state index in [9.17, 15) is 4.79 Å². The standard InChI is InChI=1S/C17H19Cl2N3O2/c1-17(2,3)16(23)14(22-9-20-8-21-22)7-12-5-10-4-11(18)6-13(19)15(10)24-12/h4,6,8-9,12,14H,5,7H2,1-3H3. The molecule has 7 heteroatoms. The lowest BCUT2D eigenvalue weighted by molar-refractivity contribution is -0.130. The number of nitrogens with zero attached hydrogens (tertiary/aromatic N) is 3. The smallest absolute Gasteiger partial charge is 0.162 e. The second kappa shape index (κ2) is 6.37. The summed E-state index contributed by atoms with van der Waals surface area (Å²) in [5.41, 5.74) is 0.487. The van der Waals surface area contributed by atoms with Crippen molar-refractivity contribution in [2.24, 2.45) is 5.41 Å². The van der Waals surface area contributed by atoms with Crippen molar-refractivity contribution >= 4 is 29.0 Å². The number of carbonyl (C=O) groups is 1. The highest BCUT2D eigenvalue weighted by atomic mass is 35.5. The van der Waals surface area contributed by atoms with Gasteiger partial charge in [-0.3, -0.25) is 4.79 Å². The first-order chi connectivity index (χ1) is 11.3. The average Bonchev–Trinajstić information content (AvgIpc) is 3.11. The molecule has 0 fully saturated rings. The fraction of sp³-hybridized carbons (Fsp3) is 0.471. The molecule has 2 heterocycles. The number of ether oxygens (including phenoxy) is 1. The molecule has 1 aromatic carbocycles. The third-order valence-electron chi connectivity index (χ3n) is 4.10. The van der Waals surface area contributed by atoms with Gasteiger partial charge in [0.2, 0.25) is 0 Å². The molecule has 2 aromatic rings. The summed E-state index contributed by atoms with van der Waals surface area (Å²) in [6, 6.07) is 3.10. The number of halogens is 2. The van der Waals surface area contributed by atoms with E-state index in [2.05, 4.69) is 10.1 Å². The third-order valence-corrected chi connectivity index (χ3v) is 4.60. The lowest BCUT2D eigenvalue weighted by Gasteiger charge is -2.26. The number of fused-ring (bicyclic) bond motifs is 1. The van der Waals surface area contributed by atoms with Crippen molar-refractivity contribution < 1.29 is 9.53 Å². The normalized spacial score (nSPS) is 18.1. The van der Waals surface area contributed by atoms with E-state index >= 15 is 0 Å². The highest BCUT2D eigenvalue weighted by Crippen LogP contribution is 2.40. The summed E-state index contributed by atoms with van der Waals surface area (Å²) in [6.07, 6.45) is 4.01. The average molecular weight is 368 g/mol. The molecular formula is C17H19Cl2N3O2. The van der Waals surface area contributed by atoms with Crippen molar-refractivity contribution in [2.75, 3.05) is 0 Å².